The topological polar surface area (TPSA) is 23.6 Å². The second kappa shape index (κ2) is 8.63. The van der Waals surface area contributed by atoms with Crippen LogP contribution in [0.2, 0.25) is 0 Å². The Morgan fingerprint density at radius 3 is 2.35 bits per heavy atom. The Morgan fingerprint density at radius 2 is 1.73 bits per heavy atom. The van der Waals surface area contributed by atoms with Crippen molar-refractivity contribution < 1.29 is 4.79 Å². The zero-order valence-corrected chi connectivity index (χ0v) is 16.8. The molecule has 26 heavy (non-hydrogen) atoms. The molecule has 3 rings (SSSR count). The van der Waals surface area contributed by atoms with E-state index in [9.17, 15) is 4.79 Å². The summed E-state index contributed by atoms with van der Waals surface area (Å²) in [6, 6.07) is 17.2. The van der Waals surface area contributed by atoms with Gasteiger partial charge in [0, 0.05) is 36.8 Å². The van der Waals surface area contributed by atoms with Crippen LogP contribution >= 0.6 is 11.8 Å². The molecule has 0 aromatic heterocycles. The molecule has 1 amide bonds. The number of rotatable bonds is 5. The zero-order chi connectivity index (χ0) is 18.5. The van der Waals surface area contributed by atoms with Crippen LogP contribution in [-0.4, -0.2) is 42.7 Å². The molecule has 0 radical (unpaired) electrons. The van der Waals surface area contributed by atoms with E-state index in [2.05, 4.69) is 74.2 Å². The van der Waals surface area contributed by atoms with Crippen molar-refractivity contribution in [3.05, 3.63) is 59.7 Å². The lowest BCUT2D eigenvalue weighted by atomic mass is 10.0. The average Bonchev–Trinajstić information content (AvgIpc) is 2.66. The van der Waals surface area contributed by atoms with Crippen LogP contribution in [0.1, 0.15) is 30.9 Å². The van der Waals surface area contributed by atoms with Gasteiger partial charge in [-0.15, -0.1) is 11.8 Å². The molecular weight excluding hydrogens is 340 g/mol. The van der Waals surface area contributed by atoms with Gasteiger partial charge in [-0.1, -0.05) is 38.1 Å². The predicted octanol–water partition coefficient (Wildman–Crippen LogP) is 4.56. The van der Waals surface area contributed by atoms with Crippen molar-refractivity contribution in [3.63, 3.8) is 0 Å². The summed E-state index contributed by atoms with van der Waals surface area (Å²) >= 11 is 1.64. The van der Waals surface area contributed by atoms with Crippen LogP contribution < -0.4 is 4.90 Å². The highest BCUT2D eigenvalue weighted by atomic mass is 32.2. The number of carbonyl (C=O) groups excluding carboxylic acids is 1. The molecule has 0 atom stereocenters. The van der Waals surface area contributed by atoms with Crippen molar-refractivity contribution in [2.24, 2.45) is 0 Å². The monoisotopic (exact) mass is 368 g/mol. The van der Waals surface area contributed by atoms with Crippen LogP contribution in [0.15, 0.2) is 53.4 Å². The normalized spacial score (nSPS) is 14.8. The summed E-state index contributed by atoms with van der Waals surface area (Å²) in [4.78, 5) is 18.1. The quantitative estimate of drug-likeness (QED) is 0.723. The van der Waals surface area contributed by atoms with Gasteiger partial charge in [0.2, 0.25) is 5.91 Å². The molecule has 3 nitrogen and oxygen atoms in total. The minimum Gasteiger partial charge on any atom is -0.368 e. The summed E-state index contributed by atoms with van der Waals surface area (Å²) in [7, 11) is 0. The number of piperazine rings is 1. The van der Waals surface area contributed by atoms with Crippen LogP contribution in [0.25, 0.3) is 0 Å². The van der Waals surface area contributed by atoms with E-state index in [-0.39, 0.29) is 5.91 Å². The third-order valence-electron chi connectivity index (χ3n) is 4.91. The highest BCUT2D eigenvalue weighted by molar-refractivity contribution is 8.00. The lowest BCUT2D eigenvalue weighted by Gasteiger charge is -2.36. The van der Waals surface area contributed by atoms with Crippen LogP contribution in [0, 0.1) is 6.92 Å². The Bertz CT molecular complexity index is 734. The van der Waals surface area contributed by atoms with Gasteiger partial charge in [0.05, 0.1) is 5.75 Å². The first-order valence-electron chi connectivity index (χ1n) is 9.35. The first-order valence-corrected chi connectivity index (χ1v) is 10.3. The molecule has 1 aliphatic heterocycles. The fourth-order valence-corrected chi connectivity index (χ4v) is 4.03. The molecule has 1 saturated heterocycles. The first-order chi connectivity index (χ1) is 12.5. The lowest BCUT2D eigenvalue weighted by Crippen LogP contribution is -2.49. The molecule has 0 bridgehead atoms. The van der Waals surface area contributed by atoms with E-state index in [0.717, 1.165) is 26.2 Å². The van der Waals surface area contributed by atoms with Crippen molar-refractivity contribution in [3.8, 4) is 0 Å². The molecule has 1 aliphatic rings. The average molecular weight is 369 g/mol. The van der Waals surface area contributed by atoms with Gasteiger partial charge >= 0.3 is 0 Å². The van der Waals surface area contributed by atoms with Crippen molar-refractivity contribution in [1.82, 2.24) is 4.90 Å². The summed E-state index contributed by atoms with van der Waals surface area (Å²) in [5, 5.41) is 0. The van der Waals surface area contributed by atoms with E-state index in [1.165, 1.54) is 21.7 Å². The van der Waals surface area contributed by atoms with Gasteiger partial charge in [-0.2, -0.15) is 0 Å². The van der Waals surface area contributed by atoms with Crippen molar-refractivity contribution in [1.29, 1.82) is 0 Å². The van der Waals surface area contributed by atoms with E-state index < -0.39 is 0 Å². The number of carbonyl (C=O) groups is 1. The number of benzene rings is 2. The molecule has 1 fully saturated rings. The molecular formula is C22H28N2OS. The van der Waals surface area contributed by atoms with Gasteiger partial charge < -0.3 is 9.80 Å². The van der Waals surface area contributed by atoms with Gasteiger partial charge in [-0.05, 0) is 48.2 Å². The van der Waals surface area contributed by atoms with E-state index in [1.54, 1.807) is 11.8 Å². The number of nitrogens with zero attached hydrogens (tertiary/aromatic N) is 2. The smallest absolute Gasteiger partial charge is 0.233 e. The van der Waals surface area contributed by atoms with Gasteiger partial charge in [-0.25, -0.2) is 0 Å². The number of hydrogen-bond acceptors (Lipinski definition) is 3. The molecule has 0 unspecified atom stereocenters. The maximum Gasteiger partial charge on any atom is 0.233 e. The summed E-state index contributed by atoms with van der Waals surface area (Å²) in [6.45, 7) is 9.93. The van der Waals surface area contributed by atoms with Crippen molar-refractivity contribution in [2.75, 3.05) is 36.8 Å². The van der Waals surface area contributed by atoms with E-state index >= 15 is 0 Å². The number of aryl methyl sites for hydroxylation is 1. The fraction of sp³-hybridized carbons (Fsp3) is 0.409. The standard InChI is InChI=1S/C22H28N2OS/c1-17(2)19-7-9-21(10-8-19)26-16-22(25)24-13-11-23(12-14-24)20-6-4-5-18(3)15-20/h4-10,15,17H,11-14,16H2,1-3H3. The molecule has 0 N–H and O–H groups in total. The molecule has 138 valence electrons. The summed E-state index contributed by atoms with van der Waals surface area (Å²) in [6.07, 6.45) is 0. The van der Waals surface area contributed by atoms with Crippen LogP contribution in [0.5, 0.6) is 0 Å². The van der Waals surface area contributed by atoms with Gasteiger partial charge in [-0.3, -0.25) is 4.79 Å². The van der Waals surface area contributed by atoms with E-state index in [1.807, 2.05) is 4.90 Å². The largest absolute Gasteiger partial charge is 0.368 e. The van der Waals surface area contributed by atoms with Crippen molar-refractivity contribution in [2.45, 2.75) is 31.6 Å². The molecule has 0 saturated carbocycles. The highest BCUT2D eigenvalue weighted by Crippen LogP contribution is 2.23. The second-order valence-electron chi connectivity index (χ2n) is 7.22. The highest BCUT2D eigenvalue weighted by Gasteiger charge is 2.21. The lowest BCUT2D eigenvalue weighted by molar-refractivity contribution is -0.128. The Kier molecular flexibility index (Phi) is 6.25. The Morgan fingerprint density at radius 1 is 1.04 bits per heavy atom. The molecule has 0 aliphatic carbocycles. The first kappa shape index (κ1) is 18.8. The van der Waals surface area contributed by atoms with Crippen LogP contribution in [0.4, 0.5) is 5.69 Å². The Labute approximate surface area is 161 Å². The molecule has 1 heterocycles. The SMILES string of the molecule is Cc1cccc(N2CCN(C(=O)CSc3ccc(C(C)C)cc3)CC2)c1. The van der Waals surface area contributed by atoms with Gasteiger partial charge in [0.1, 0.15) is 0 Å². The fourth-order valence-electron chi connectivity index (χ4n) is 3.22. The van der Waals surface area contributed by atoms with E-state index in [4.69, 9.17) is 0 Å². The molecule has 0 spiro atoms. The maximum atomic E-state index is 12.5. The van der Waals surface area contributed by atoms with Crippen LogP contribution in [0.3, 0.4) is 0 Å². The number of thioether (sulfide) groups is 1. The summed E-state index contributed by atoms with van der Waals surface area (Å²) < 4.78 is 0. The van der Waals surface area contributed by atoms with Crippen molar-refractivity contribution >= 4 is 23.4 Å². The molecule has 2 aromatic rings. The molecule has 2 aromatic carbocycles. The van der Waals surface area contributed by atoms with Crippen LogP contribution in [-0.2, 0) is 4.79 Å². The van der Waals surface area contributed by atoms with E-state index in [0.29, 0.717) is 11.7 Å². The Balaban J connectivity index is 1.47. The molecule has 4 heteroatoms. The van der Waals surface area contributed by atoms with Gasteiger partial charge in [0.25, 0.3) is 0 Å². The number of amides is 1. The summed E-state index contributed by atoms with van der Waals surface area (Å²) in [5.74, 6) is 1.30. The minimum absolute atomic E-state index is 0.242. The Hall–Kier alpha value is -1.94. The van der Waals surface area contributed by atoms with Gasteiger partial charge in [0.15, 0.2) is 0 Å². The second-order valence-corrected chi connectivity index (χ2v) is 8.27. The number of anilines is 1. The minimum atomic E-state index is 0.242. The maximum absolute atomic E-state index is 12.5. The zero-order valence-electron chi connectivity index (χ0n) is 15.9. The summed E-state index contributed by atoms with van der Waals surface area (Å²) in [5.41, 5.74) is 3.88. The predicted molar refractivity (Wildman–Crippen MR) is 111 cm³/mol. The third-order valence-corrected chi connectivity index (χ3v) is 5.91. The number of hydrogen-bond donors (Lipinski definition) is 0. The third kappa shape index (κ3) is 4.82.